The molecular formula is C23H16ClN5OS. The number of rotatable bonds is 6. The second-order valence-corrected chi connectivity index (χ2v) is 7.84. The van der Waals surface area contributed by atoms with Crippen LogP contribution in [0.15, 0.2) is 84.0 Å². The molecular weight excluding hydrogens is 430 g/mol. The predicted molar refractivity (Wildman–Crippen MR) is 122 cm³/mol. The Morgan fingerprint density at radius 1 is 1.03 bits per heavy atom. The summed E-state index contributed by atoms with van der Waals surface area (Å²) in [7, 11) is 0. The number of benzene rings is 3. The van der Waals surface area contributed by atoms with Crippen molar-refractivity contribution in [2.75, 3.05) is 11.1 Å². The van der Waals surface area contributed by atoms with Crippen LogP contribution in [0, 0.1) is 11.3 Å². The number of thioether (sulfide) groups is 1. The summed E-state index contributed by atoms with van der Waals surface area (Å²) in [6.07, 6.45) is 0. The summed E-state index contributed by atoms with van der Waals surface area (Å²) in [4.78, 5) is 12.5. The number of carbonyl (C=O) groups excluding carboxylic acids is 1. The van der Waals surface area contributed by atoms with Crippen molar-refractivity contribution in [3.05, 3.63) is 89.4 Å². The molecule has 1 amide bonds. The number of nitriles is 1. The van der Waals surface area contributed by atoms with Gasteiger partial charge in [-0.3, -0.25) is 9.36 Å². The third-order valence-electron chi connectivity index (χ3n) is 4.39. The van der Waals surface area contributed by atoms with Gasteiger partial charge in [0.05, 0.1) is 16.3 Å². The van der Waals surface area contributed by atoms with Crippen LogP contribution in [0.2, 0.25) is 5.02 Å². The quantitative estimate of drug-likeness (QED) is 0.413. The minimum atomic E-state index is -0.213. The number of aromatic nitrogens is 3. The Hall–Kier alpha value is -3.60. The van der Waals surface area contributed by atoms with Crippen LogP contribution in [-0.2, 0) is 4.79 Å². The van der Waals surface area contributed by atoms with Crippen molar-refractivity contribution in [3.8, 4) is 23.1 Å². The molecule has 0 atom stereocenters. The lowest BCUT2D eigenvalue weighted by Crippen LogP contribution is -2.14. The second kappa shape index (κ2) is 9.47. The van der Waals surface area contributed by atoms with Gasteiger partial charge in [-0.15, -0.1) is 10.2 Å². The molecule has 31 heavy (non-hydrogen) atoms. The number of hydrogen-bond acceptors (Lipinski definition) is 5. The Bertz CT molecular complexity index is 1250. The molecule has 1 heterocycles. The van der Waals surface area contributed by atoms with Crippen LogP contribution in [0.4, 0.5) is 5.69 Å². The van der Waals surface area contributed by atoms with Gasteiger partial charge in [0.15, 0.2) is 11.0 Å². The highest BCUT2D eigenvalue weighted by molar-refractivity contribution is 7.99. The van der Waals surface area contributed by atoms with E-state index in [9.17, 15) is 4.79 Å². The molecule has 0 unspecified atom stereocenters. The number of para-hydroxylation sites is 1. The van der Waals surface area contributed by atoms with Gasteiger partial charge in [0.2, 0.25) is 5.91 Å². The third kappa shape index (κ3) is 4.77. The maximum Gasteiger partial charge on any atom is 0.234 e. The first-order valence-corrected chi connectivity index (χ1v) is 10.7. The SMILES string of the molecule is N#Cc1ccc(NC(=O)CSc2nnc(-c3ccccc3)n2-c2ccccc2)cc1Cl. The molecule has 152 valence electrons. The molecule has 0 fully saturated rings. The van der Waals surface area contributed by atoms with Crippen LogP contribution >= 0.6 is 23.4 Å². The molecule has 0 spiro atoms. The summed E-state index contributed by atoms with van der Waals surface area (Å²) < 4.78 is 1.94. The Kier molecular flexibility index (Phi) is 6.32. The van der Waals surface area contributed by atoms with Crippen LogP contribution in [-0.4, -0.2) is 26.4 Å². The lowest BCUT2D eigenvalue weighted by atomic mass is 10.2. The van der Waals surface area contributed by atoms with Crippen molar-refractivity contribution in [1.29, 1.82) is 5.26 Å². The molecule has 0 aliphatic heterocycles. The smallest absolute Gasteiger partial charge is 0.234 e. The van der Waals surface area contributed by atoms with Gasteiger partial charge in [-0.05, 0) is 30.3 Å². The van der Waals surface area contributed by atoms with Crippen LogP contribution in [0.1, 0.15) is 5.56 Å². The van der Waals surface area contributed by atoms with E-state index in [-0.39, 0.29) is 11.7 Å². The first-order chi connectivity index (χ1) is 15.2. The van der Waals surface area contributed by atoms with Crippen LogP contribution in [0.25, 0.3) is 17.1 Å². The zero-order chi connectivity index (χ0) is 21.6. The van der Waals surface area contributed by atoms with E-state index < -0.39 is 0 Å². The van der Waals surface area contributed by atoms with E-state index in [1.54, 1.807) is 18.2 Å². The Morgan fingerprint density at radius 2 is 1.74 bits per heavy atom. The average molecular weight is 446 g/mol. The van der Waals surface area contributed by atoms with Crippen molar-refractivity contribution >= 4 is 35.0 Å². The van der Waals surface area contributed by atoms with Gasteiger partial charge in [-0.2, -0.15) is 5.26 Å². The molecule has 0 radical (unpaired) electrons. The van der Waals surface area contributed by atoms with Gasteiger partial charge in [0, 0.05) is 16.9 Å². The fourth-order valence-corrected chi connectivity index (χ4v) is 3.93. The first-order valence-electron chi connectivity index (χ1n) is 9.34. The van der Waals surface area contributed by atoms with Crippen molar-refractivity contribution < 1.29 is 4.79 Å². The van der Waals surface area contributed by atoms with Gasteiger partial charge in [0.1, 0.15) is 6.07 Å². The summed E-state index contributed by atoms with van der Waals surface area (Å²) in [6.45, 7) is 0. The maximum absolute atomic E-state index is 12.5. The molecule has 0 aliphatic rings. The zero-order valence-electron chi connectivity index (χ0n) is 16.2. The molecule has 0 bridgehead atoms. The highest BCUT2D eigenvalue weighted by Gasteiger charge is 2.17. The minimum absolute atomic E-state index is 0.136. The second-order valence-electron chi connectivity index (χ2n) is 6.49. The summed E-state index contributed by atoms with van der Waals surface area (Å²) in [5, 5.41) is 21.4. The molecule has 4 rings (SSSR count). The molecule has 0 saturated heterocycles. The van der Waals surface area contributed by atoms with Crippen molar-refractivity contribution in [2.45, 2.75) is 5.16 Å². The van der Waals surface area contributed by atoms with Crippen LogP contribution < -0.4 is 5.32 Å². The summed E-state index contributed by atoms with van der Waals surface area (Å²) >= 11 is 7.32. The Balaban J connectivity index is 1.55. The molecule has 1 N–H and O–H groups in total. The predicted octanol–water partition coefficient (Wildman–Crippen LogP) is 5.19. The van der Waals surface area contributed by atoms with Crippen molar-refractivity contribution in [1.82, 2.24) is 14.8 Å². The molecule has 0 saturated carbocycles. The molecule has 6 nitrogen and oxygen atoms in total. The number of halogens is 1. The Morgan fingerprint density at radius 3 is 2.42 bits per heavy atom. The van der Waals surface area contributed by atoms with Gasteiger partial charge in [-0.1, -0.05) is 71.9 Å². The van der Waals surface area contributed by atoms with Crippen molar-refractivity contribution in [3.63, 3.8) is 0 Å². The van der Waals surface area contributed by atoms with Gasteiger partial charge < -0.3 is 5.32 Å². The van der Waals surface area contributed by atoms with Crippen molar-refractivity contribution in [2.24, 2.45) is 0 Å². The highest BCUT2D eigenvalue weighted by atomic mass is 35.5. The molecule has 8 heteroatoms. The average Bonchev–Trinajstić information content (AvgIpc) is 3.23. The van der Waals surface area contributed by atoms with E-state index in [2.05, 4.69) is 15.5 Å². The van der Waals surface area contributed by atoms with Gasteiger partial charge in [0.25, 0.3) is 0 Å². The van der Waals surface area contributed by atoms with E-state index >= 15 is 0 Å². The first kappa shape index (κ1) is 20.7. The molecule has 3 aromatic carbocycles. The molecule has 1 aromatic heterocycles. The normalized spacial score (nSPS) is 10.5. The molecule has 0 aliphatic carbocycles. The number of anilines is 1. The minimum Gasteiger partial charge on any atom is -0.325 e. The lowest BCUT2D eigenvalue weighted by molar-refractivity contribution is -0.113. The van der Waals surface area contributed by atoms with Crippen LogP contribution in [0.5, 0.6) is 0 Å². The number of carbonyl (C=O) groups is 1. The third-order valence-corrected chi connectivity index (χ3v) is 5.63. The van der Waals surface area contributed by atoms with Gasteiger partial charge >= 0.3 is 0 Å². The van der Waals surface area contributed by atoms with Gasteiger partial charge in [-0.25, -0.2) is 0 Å². The van der Waals surface area contributed by atoms with E-state index in [4.69, 9.17) is 16.9 Å². The van der Waals surface area contributed by atoms with E-state index in [0.717, 1.165) is 11.3 Å². The topological polar surface area (TPSA) is 83.6 Å². The Labute approximate surface area is 188 Å². The summed E-state index contributed by atoms with van der Waals surface area (Å²) in [5.41, 5.74) is 2.73. The molecule has 4 aromatic rings. The number of nitrogens with one attached hydrogen (secondary N) is 1. The van der Waals surface area contributed by atoms with E-state index in [0.29, 0.717) is 27.3 Å². The fraction of sp³-hybridized carbons (Fsp3) is 0.0435. The zero-order valence-corrected chi connectivity index (χ0v) is 17.8. The number of hydrogen-bond donors (Lipinski definition) is 1. The summed E-state index contributed by atoms with van der Waals surface area (Å²) in [6, 6.07) is 26.3. The van der Waals surface area contributed by atoms with Crippen LogP contribution in [0.3, 0.4) is 0 Å². The number of nitrogens with zero attached hydrogens (tertiary/aromatic N) is 4. The fourth-order valence-electron chi connectivity index (χ4n) is 2.96. The number of amides is 1. The monoisotopic (exact) mass is 445 g/mol. The highest BCUT2D eigenvalue weighted by Crippen LogP contribution is 2.28. The van der Waals surface area contributed by atoms with E-state index in [1.807, 2.05) is 71.3 Å². The van der Waals surface area contributed by atoms with E-state index in [1.165, 1.54) is 11.8 Å². The lowest BCUT2D eigenvalue weighted by Gasteiger charge is -2.10. The standard InChI is InChI=1S/C23H16ClN5OS/c24-20-13-18(12-11-17(20)14-25)26-21(30)15-31-23-28-27-22(16-7-3-1-4-8-16)29(23)19-9-5-2-6-10-19/h1-13H,15H2,(H,26,30). The maximum atomic E-state index is 12.5. The largest absolute Gasteiger partial charge is 0.325 e. The summed E-state index contributed by atoms with van der Waals surface area (Å²) in [5.74, 6) is 0.625.